The maximum absolute atomic E-state index is 10.5. The Hall–Kier alpha value is -0.560. The van der Waals surface area contributed by atoms with Crippen molar-refractivity contribution in [3.05, 3.63) is 23.8 Å². The number of aliphatic hydroxyl groups excluding tert-OH is 1. The van der Waals surface area contributed by atoms with Gasteiger partial charge in [0.05, 0.1) is 6.10 Å². The minimum absolute atomic E-state index is 0.0643. The van der Waals surface area contributed by atoms with Crippen molar-refractivity contribution in [2.75, 3.05) is 0 Å². The van der Waals surface area contributed by atoms with E-state index in [0.717, 1.165) is 36.0 Å². The molecule has 0 radical (unpaired) electrons. The van der Waals surface area contributed by atoms with Crippen molar-refractivity contribution in [2.24, 2.45) is 52.3 Å². The van der Waals surface area contributed by atoms with Gasteiger partial charge in [-0.25, -0.2) is 0 Å². The lowest BCUT2D eigenvalue weighted by atomic mass is 9.44. The number of hydrogen-bond acceptors (Lipinski definition) is 1. The van der Waals surface area contributed by atoms with Crippen LogP contribution in [0.2, 0.25) is 0 Å². The van der Waals surface area contributed by atoms with Crippen LogP contribution < -0.4 is 0 Å². The van der Waals surface area contributed by atoms with Gasteiger partial charge in [0.1, 0.15) is 0 Å². The zero-order valence-corrected chi connectivity index (χ0v) is 21.4. The van der Waals surface area contributed by atoms with Crippen molar-refractivity contribution in [3.8, 4) is 0 Å². The lowest BCUT2D eigenvalue weighted by Crippen LogP contribution is -2.54. The molecule has 3 fully saturated rings. The minimum atomic E-state index is -0.0643. The first-order valence-corrected chi connectivity index (χ1v) is 13.7. The molecule has 0 bridgehead atoms. The fraction of sp³-hybridized carbons (Fsp3) is 0.867. The average Bonchev–Trinajstić information content (AvgIpc) is 3.08. The predicted molar refractivity (Wildman–Crippen MR) is 133 cm³/mol. The molecule has 1 nitrogen and oxygen atoms in total. The first kappa shape index (κ1) is 23.6. The Balaban J connectivity index is 1.48. The maximum Gasteiger partial charge on any atom is 0.0568 e. The van der Waals surface area contributed by atoms with Crippen molar-refractivity contribution in [1.29, 1.82) is 0 Å². The van der Waals surface area contributed by atoms with E-state index in [4.69, 9.17) is 0 Å². The SMILES string of the molecule is C=C(C)C(CC)CCC(C)C1CC=C2C3CCC4C(C)C(O)CCC4(C)C3CCC21C. The molecule has 4 rings (SSSR count). The lowest BCUT2D eigenvalue weighted by Gasteiger charge is -2.61. The van der Waals surface area contributed by atoms with Crippen LogP contribution in [-0.2, 0) is 0 Å². The van der Waals surface area contributed by atoms with Gasteiger partial charge in [-0.1, -0.05) is 58.4 Å². The van der Waals surface area contributed by atoms with E-state index >= 15 is 0 Å². The summed E-state index contributed by atoms with van der Waals surface area (Å²) in [5, 5.41) is 10.5. The first-order chi connectivity index (χ1) is 14.6. The maximum atomic E-state index is 10.5. The molecule has 10 unspecified atom stereocenters. The topological polar surface area (TPSA) is 20.2 Å². The molecule has 1 N–H and O–H groups in total. The van der Waals surface area contributed by atoms with E-state index in [1.165, 1.54) is 63.4 Å². The van der Waals surface area contributed by atoms with Crippen LogP contribution in [-0.4, -0.2) is 11.2 Å². The molecule has 1 heteroatoms. The normalized spacial score (nSPS) is 46.4. The summed E-state index contributed by atoms with van der Waals surface area (Å²) in [5.74, 6) is 5.23. The highest BCUT2D eigenvalue weighted by Gasteiger charge is 2.59. The molecule has 0 heterocycles. The minimum Gasteiger partial charge on any atom is -0.393 e. The van der Waals surface area contributed by atoms with Crippen LogP contribution in [0.15, 0.2) is 23.8 Å². The Kier molecular flexibility index (Phi) is 6.59. The number of rotatable bonds is 6. The van der Waals surface area contributed by atoms with Crippen LogP contribution in [0.25, 0.3) is 0 Å². The molecule has 3 saturated carbocycles. The van der Waals surface area contributed by atoms with Crippen molar-refractivity contribution in [1.82, 2.24) is 0 Å². The largest absolute Gasteiger partial charge is 0.393 e. The number of hydrogen-bond donors (Lipinski definition) is 1. The van der Waals surface area contributed by atoms with Gasteiger partial charge in [-0.2, -0.15) is 0 Å². The Bertz CT molecular complexity index is 705. The smallest absolute Gasteiger partial charge is 0.0568 e. The lowest BCUT2D eigenvalue weighted by molar-refractivity contribution is -0.116. The van der Waals surface area contributed by atoms with Gasteiger partial charge in [0, 0.05) is 0 Å². The second-order valence-corrected chi connectivity index (χ2v) is 12.8. The fourth-order valence-corrected chi connectivity index (χ4v) is 9.40. The van der Waals surface area contributed by atoms with Gasteiger partial charge < -0.3 is 5.11 Å². The van der Waals surface area contributed by atoms with Crippen molar-refractivity contribution in [3.63, 3.8) is 0 Å². The molecule has 4 aliphatic rings. The summed E-state index contributed by atoms with van der Waals surface area (Å²) in [6.45, 7) is 18.9. The summed E-state index contributed by atoms with van der Waals surface area (Å²) >= 11 is 0. The third kappa shape index (κ3) is 3.79. The molecule has 0 aliphatic heterocycles. The van der Waals surface area contributed by atoms with Crippen LogP contribution in [0.1, 0.15) is 106 Å². The van der Waals surface area contributed by atoms with Gasteiger partial charge >= 0.3 is 0 Å². The van der Waals surface area contributed by atoms with Gasteiger partial charge in [0.15, 0.2) is 0 Å². The fourth-order valence-electron chi connectivity index (χ4n) is 9.40. The van der Waals surface area contributed by atoms with E-state index in [1.54, 1.807) is 0 Å². The van der Waals surface area contributed by atoms with Gasteiger partial charge in [-0.3, -0.25) is 0 Å². The molecular formula is C30H50O. The van der Waals surface area contributed by atoms with E-state index in [0.29, 0.717) is 22.7 Å². The van der Waals surface area contributed by atoms with Gasteiger partial charge in [0.25, 0.3) is 0 Å². The Labute approximate surface area is 193 Å². The predicted octanol–water partition coefficient (Wildman–Crippen LogP) is 8.19. The molecule has 0 aromatic rings. The van der Waals surface area contributed by atoms with E-state index in [-0.39, 0.29) is 6.10 Å². The molecule has 31 heavy (non-hydrogen) atoms. The van der Waals surface area contributed by atoms with Gasteiger partial charge in [0.2, 0.25) is 0 Å². The molecule has 0 saturated heterocycles. The molecule has 0 amide bonds. The Morgan fingerprint density at radius 1 is 1.13 bits per heavy atom. The van der Waals surface area contributed by atoms with Crippen LogP contribution in [0.5, 0.6) is 0 Å². The average molecular weight is 427 g/mol. The van der Waals surface area contributed by atoms with Crippen LogP contribution in [0, 0.1) is 52.3 Å². The third-order valence-corrected chi connectivity index (χ3v) is 11.5. The molecule has 4 aliphatic carbocycles. The van der Waals surface area contributed by atoms with E-state index in [2.05, 4.69) is 54.2 Å². The molecule has 0 spiro atoms. The highest BCUT2D eigenvalue weighted by Crippen LogP contribution is 2.67. The quantitative estimate of drug-likeness (QED) is 0.424. The molecule has 0 aromatic heterocycles. The van der Waals surface area contributed by atoms with Crippen LogP contribution in [0.3, 0.4) is 0 Å². The second-order valence-electron chi connectivity index (χ2n) is 12.8. The number of allylic oxidation sites excluding steroid dienone is 3. The van der Waals surface area contributed by atoms with Crippen LogP contribution in [0.4, 0.5) is 0 Å². The molecule has 10 atom stereocenters. The second kappa shape index (κ2) is 8.66. The van der Waals surface area contributed by atoms with Crippen molar-refractivity contribution < 1.29 is 5.11 Å². The third-order valence-electron chi connectivity index (χ3n) is 11.5. The summed E-state index contributed by atoms with van der Waals surface area (Å²) in [6, 6.07) is 0. The summed E-state index contributed by atoms with van der Waals surface area (Å²) in [7, 11) is 0. The number of aliphatic hydroxyl groups is 1. The summed E-state index contributed by atoms with van der Waals surface area (Å²) in [6.07, 6.45) is 15.7. The van der Waals surface area contributed by atoms with E-state index < -0.39 is 0 Å². The molecule has 176 valence electrons. The molecule has 0 aromatic carbocycles. The van der Waals surface area contributed by atoms with E-state index in [9.17, 15) is 5.11 Å². The van der Waals surface area contributed by atoms with E-state index in [1.807, 2.05) is 5.57 Å². The molecular weight excluding hydrogens is 376 g/mol. The zero-order chi connectivity index (χ0) is 22.6. The zero-order valence-electron chi connectivity index (χ0n) is 21.4. The summed E-state index contributed by atoms with van der Waals surface area (Å²) < 4.78 is 0. The van der Waals surface area contributed by atoms with Gasteiger partial charge in [-0.05, 0) is 123 Å². The monoisotopic (exact) mass is 426 g/mol. The summed E-state index contributed by atoms with van der Waals surface area (Å²) in [5.41, 5.74) is 4.13. The Morgan fingerprint density at radius 3 is 2.55 bits per heavy atom. The highest BCUT2D eigenvalue weighted by atomic mass is 16.3. The van der Waals surface area contributed by atoms with Crippen LogP contribution >= 0.6 is 0 Å². The van der Waals surface area contributed by atoms with Crippen molar-refractivity contribution >= 4 is 0 Å². The van der Waals surface area contributed by atoms with Gasteiger partial charge in [-0.15, -0.1) is 0 Å². The summed E-state index contributed by atoms with van der Waals surface area (Å²) in [4.78, 5) is 0. The highest BCUT2D eigenvalue weighted by molar-refractivity contribution is 5.30. The van der Waals surface area contributed by atoms with Crippen molar-refractivity contribution in [2.45, 2.75) is 112 Å². The Morgan fingerprint density at radius 2 is 1.87 bits per heavy atom. The number of fused-ring (bicyclic) bond motifs is 5. The first-order valence-electron chi connectivity index (χ1n) is 13.7. The standard InChI is InChI=1S/C30H50O/c1-8-22(19(2)3)10-9-20(4)24-13-14-26-23-11-12-25-21(5)28(31)16-18-30(25,7)27(23)15-17-29(24,26)6/h14,20-25,27-28,31H,2,8-13,15-18H2,1,3-7H3.